The lowest BCUT2D eigenvalue weighted by molar-refractivity contribution is 0.0313. The number of nitrogens with two attached hydrogens (primary N) is 1. The van der Waals surface area contributed by atoms with E-state index in [9.17, 15) is 0 Å². The van der Waals surface area contributed by atoms with Gasteiger partial charge in [-0.1, -0.05) is 20.8 Å². The van der Waals surface area contributed by atoms with Gasteiger partial charge in [0.2, 0.25) is 0 Å². The molecule has 1 saturated carbocycles. The molecule has 0 bridgehead atoms. The highest BCUT2D eigenvalue weighted by Crippen LogP contribution is 2.44. The summed E-state index contributed by atoms with van der Waals surface area (Å²) in [6.45, 7) is 9.07. The average molecular weight is 264 g/mol. The van der Waals surface area contributed by atoms with E-state index in [1.807, 2.05) is 12.1 Å². The van der Waals surface area contributed by atoms with Crippen LogP contribution < -0.4 is 5.73 Å². The van der Waals surface area contributed by atoms with Crippen molar-refractivity contribution in [2.45, 2.75) is 46.2 Å². The zero-order chi connectivity index (χ0) is 14.0. The summed E-state index contributed by atoms with van der Waals surface area (Å²) in [5.41, 5.74) is 6.54. The van der Waals surface area contributed by atoms with E-state index < -0.39 is 0 Å². The van der Waals surface area contributed by atoms with Crippen LogP contribution in [0.25, 0.3) is 0 Å². The van der Waals surface area contributed by atoms with Crippen LogP contribution in [0.15, 0.2) is 22.8 Å². The van der Waals surface area contributed by atoms with Crippen LogP contribution >= 0.6 is 0 Å². The highest BCUT2D eigenvalue weighted by Gasteiger charge is 2.41. The molecular weight excluding hydrogens is 236 g/mol. The summed E-state index contributed by atoms with van der Waals surface area (Å²) in [6.07, 6.45) is 4.14. The highest BCUT2D eigenvalue weighted by molar-refractivity contribution is 4.99. The number of furan rings is 1. The maximum Gasteiger partial charge on any atom is 0.117 e. The van der Waals surface area contributed by atoms with Crippen molar-refractivity contribution < 1.29 is 4.42 Å². The van der Waals surface area contributed by atoms with Crippen LogP contribution in [0, 0.1) is 17.3 Å². The van der Waals surface area contributed by atoms with Gasteiger partial charge in [-0.05, 0) is 49.3 Å². The van der Waals surface area contributed by atoms with Gasteiger partial charge in [0.05, 0.1) is 12.8 Å². The first-order valence-electron chi connectivity index (χ1n) is 7.37. The summed E-state index contributed by atoms with van der Waals surface area (Å²) in [6, 6.07) is 4.36. The van der Waals surface area contributed by atoms with E-state index in [1.165, 1.54) is 6.42 Å². The number of hydrogen-bond acceptors (Lipinski definition) is 3. The fourth-order valence-electron chi connectivity index (χ4n) is 3.38. The Hall–Kier alpha value is -0.800. The van der Waals surface area contributed by atoms with Crippen molar-refractivity contribution in [2.75, 3.05) is 13.6 Å². The standard InChI is InChI=1S/C16H28N2O/c1-12-15(17)8-7-13(16(12,2)3)10-18(4)11-14-6-5-9-19-14/h5-6,9,12-13,15H,7-8,10-11,17H2,1-4H3. The number of hydrogen-bond donors (Lipinski definition) is 1. The fraction of sp³-hybridized carbons (Fsp3) is 0.750. The molecule has 1 aromatic heterocycles. The summed E-state index contributed by atoms with van der Waals surface area (Å²) in [7, 11) is 2.18. The van der Waals surface area contributed by atoms with Crippen LogP contribution in [0.2, 0.25) is 0 Å². The Morgan fingerprint density at radius 3 is 2.79 bits per heavy atom. The maximum absolute atomic E-state index is 6.23. The SMILES string of the molecule is CC1C(N)CCC(CN(C)Cc2ccco2)C1(C)C. The molecule has 3 nitrogen and oxygen atoms in total. The van der Waals surface area contributed by atoms with Crippen molar-refractivity contribution >= 4 is 0 Å². The van der Waals surface area contributed by atoms with Crippen molar-refractivity contribution in [1.29, 1.82) is 0 Å². The third-order valence-electron chi connectivity index (χ3n) is 5.25. The molecule has 3 unspecified atom stereocenters. The van der Waals surface area contributed by atoms with Crippen molar-refractivity contribution in [3.8, 4) is 0 Å². The van der Waals surface area contributed by atoms with Crippen LogP contribution in [0.3, 0.4) is 0 Å². The molecule has 1 heterocycles. The Morgan fingerprint density at radius 1 is 1.42 bits per heavy atom. The molecule has 19 heavy (non-hydrogen) atoms. The summed E-state index contributed by atoms with van der Waals surface area (Å²) in [5, 5.41) is 0. The molecule has 3 atom stereocenters. The van der Waals surface area contributed by atoms with Gasteiger partial charge in [0.25, 0.3) is 0 Å². The molecule has 3 heteroatoms. The van der Waals surface area contributed by atoms with Gasteiger partial charge in [0.1, 0.15) is 5.76 Å². The predicted octanol–water partition coefficient (Wildman–Crippen LogP) is 3.11. The molecule has 0 amide bonds. The van der Waals surface area contributed by atoms with E-state index in [0.717, 1.165) is 25.3 Å². The topological polar surface area (TPSA) is 42.4 Å². The maximum atomic E-state index is 6.23. The summed E-state index contributed by atoms with van der Waals surface area (Å²) >= 11 is 0. The van der Waals surface area contributed by atoms with Gasteiger partial charge in [0.15, 0.2) is 0 Å². The Balaban J connectivity index is 1.94. The van der Waals surface area contributed by atoms with Gasteiger partial charge >= 0.3 is 0 Å². The normalized spacial score (nSPS) is 30.7. The minimum atomic E-state index is 0.315. The molecule has 2 rings (SSSR count). The van der Waals surface area contributed by atoms with E-state index in [-0.39, 0.29) is 0 Å². The van der Waals surface area contributed by atoms with E-state index in [0.29, 0.717) is 23.3 Å². The van der Waals surface area contributed by atoms with Crippen molar-refractivity contribution in [1.82, 2.24) is 4.90 Å². The molecule has 0 aromatic carbocycles. The Morgan fingerprint density at radius 2 is 2.16 bits per heavy atom. The first kappa shape index (κ1) is 14.6. The van der Waals surface area contributed by atoms with E-state index in [2.05, 4.69) is 32.7 Å². The monoisotopic (exact) mass is 264 g/mol. The third-order valence-corrected chi connectivity index (χ3v) is 5.25. The third kappa shape index (κ3) is 3.21. The van der Waals surface area contributed by atoms with Crippen LogP contribution in [-0.4, -0.2) is 24.5 Å². The average Bonchev–Trinajstić information content (AvgIpc) is 2.83. The number of nitrogens with zero attached hydrogens (tertiary/aromatic N) is 1. The molecule has 0 saturated heterocycles. The van der Waals surface area contributed by atoms with Crippen LogP contribution in [0.4, 0.5) is 0 Å². The van der Waals surface area contributed by atoms with Gasteiger partial charge in [-0.3, -0.25) is 4.90 Å². The van der Waals surface area contributed by atoms with Crippen LogP contribution in [0.5, 0.6) is 0 Å². The molecule has 0 aliphatic heterocycles. The second-order valence-corrected chi connectivity index (χ2v) is 6.82. The Kier molecular flexibility index (Phi) is 4.36. The molecular formula is C16H28N2O. The molecule has 1 fully saturated rings. The minimum absolute atomic E-state index is 0.315. The van der Waals surface area contributed by atoms with Crippen LogP contribution in [0.1, 0.15) is 39.4 Å². The Labute approximate surface area is 117 Å². The van der Waals surface area contributed by atoms with E-state index in [4.69, 9.17) is 10.2 Å². The van der Waals surface area contributed by atoms with Crippen molar-refractivity contribution in [2.24, 2.45) is 23.0 Å². The molecule has 108 valence electrons. The smallest absolute Gasteiger partial charge is 0.117 e. The second-order valence-electron chi connectivity index (χ2n) is 6.82. The zero-order valence-electron chi connectivity index (χ0n) is 12.7. The molecule has 1 aliphatic carbocycles. The van der Waals surface area contributed by atoms with Gasteiger partial charge < -0.3 is 10.2 Å². The summed E-state index contributed by atoms with van der Waals surface area (Å²) < 4.78 is 5.42. The molecule has 1 aromatic rings. The largest absolute Gasteiger partial charge is 0.468 e. The summed E-state index contributed by atoms with van der Waals surface area (Å²) in [5.74, 6) is 2.34. The van der Waals surface area contributed by atoms with Crippen molar-refractivity contribution in [3.63, 3.8) is 0 Å². The second kappa shape index (κ2) is 5.68. The van der Waals surface area contributed by atoms with Gasteiger partial charge in [-0.25, -0.2) is 0 Å². The van der Waals surface area contributed by atoms with Gasteiger partial charge in [-0.2, -0.15) is 0 Å². The van der Waals surface area contributed by atoms with Crippen molar-refractivity contribution in [3.05, 3.63) is 24.2 Å². The molecule has 2 N–H and O–H groups in total. The zero-order valence-corrected chi connectivity index (χ0v) is 12.7. The van der Waals surface area contributed by atoms with E-state index in [1.54, 1.807) is 6.26 Å². The van der Waals surface area contributed by atoms with Gasteiger partial charge in [0, 0.05) is 12.6 Å². The minimum Gasteiger partial charge on any atom is -0.468 e. The number of rotatable bonds is 4. The van der Waals surface area contributed by atoms with Gasteiger partial charge in [-0.15, -0.1) is 0 Å². The molecule has 1 aliphatic rings. The quantitative estimate of drug-likeness (QED) is 0.908. The first-order valence-corrected chi connectivity index (χ1v) is 7.37. The lowest BCUT2D eigenvalue weighted by Gasteiger charge is -2.48. The molecule has 0 spiro atoms. The fourth-order valence-corrected chi connectivity index (χ4v) is 3.38. The highest BCUT2D eigenvalue weighted by atomic mass is 16.3. The Bertz CT molecular complexity index is 385. The summed E-state index contributed by atoms with van der Waals surface area (Å²) in [4.78, 5) is 2.37. The lowest BCUT2D eigenvalue weighted by Crippen LogP contribution is -2.49. The lowest BCUT2D eigenvalue weighted by atomic mass is 9.61. The predicted molar refractivity (Wildman–Crippen MR) is 78.7 cm³/mol. The van der Waals surface area contributed by atoms with E-state index >= 15 is 0 Å². The van der Waals surface area contributed by atoms with Crippen LogP contribution in [-0.2, 0) is 6.54 Å². The first-order chi connectivity index (χ1) is 8.91. The molecule has 0 radical (unpaired) electrons.